The highest BCUT2D eigenvalue weighted by Crippen LogP contribution is 2.26. The van der Waals surface area contributed by atoms with Crippen molar-refractivity contribution in [3.05, 3.63) is 70.5 Å². The molecular weight excluding hydrogens is 468 g/mol. The minimum absolute atomic E-state index is 0. The van der Waals surface area contributed by atoms with Gasteiger partial charge in [-0.2, -0.15) is 10.4 Å². The Labute approximate surface area is 209 Å². The van der Waals surface area contributed by atoms with Crippen molar-refractivity contribution < 1.29 is 15.4 Å². The van der Waals surface area contributed by atoms with Crippen molar-refractivity contribution in [1.82, 2.24) is 14.7 Å². The molecule has 1 amide bonds. The average Bonchev–Trinajstić information content (AvgIpc) is 3.25. The molecule has 2 heterocycles. The van der Waals surface area contributed by atoms with Crippen LogP contribution in [0, 0.1) is 18.3 Å². The van der Waals surface area contributed by atoms with Gasteiger partial charge in [0.1, 0.15) is 6.07 Å². The molecule has 0 saturated carbocycles. The van der Waals surface area contributed by atoms with Gasteiger partial charge in [-0.05, 0) is 55.8 Å². The van der Waals surface area contributed by atoms with Gasteiger partial charge in [0.25, 0.3) is 5.91 Å². The van der Waals surface area contributed by atoms with Crippen molar-refractivity contribution in [3.63, 3.8) is 0 Å². The molecule has 4 N–H and O–H groups in total. The molecule has 1 aliphatic rings. The molecule has 10 heteroatoms. The molecule has 184 valence electrons. The fourth-order valence-corrected chi connectivity index (χ4v) is 4.29. The zero-order valence-corrected chi connectivity index (χ0v) is 20.3. The summed E-state index contributed by atoms with van der Waals surface area (Å²) in [6, 6.07) is 14.9. The summed E-state index contributed by atoms with van der Waals surface area (Å²) < 4.78 is 1.69. The maximum atomic E-state index is 12.9. The number of amides is 1. The fourth-order valence-electron chi connectivity index (χ4n) is 4.16. The van der Waals surface area contributed by atoms with Crippen LogP contribution < -0.4 is 10.2 Å². The maximum absolute atomic E-state index is 12.9. The molecule has 1 saturated heterocycles. The standard InChI is InChI=1S/C25H27ClN6O2.H2O/c1-18-23(17-28-32(18)22-6-3-20(26)4-7-22)25(34)29-21-5-8-24(19(15-21)16-27)31-12-10-30(11-13-31)9-2-14-33;/h3-8,15,17,33H,2,9-14H2,1H3,(H,29,34);1H2. The number of anilines is 2. The van der Waals surface area contributed by atoms with E-state index in [0.717, 1.165) is 50.5 Å². The second-order valence-electron chi connectivity index (χ2n) is 8.24. The number of halogens is 1. The van der Waals surface area contributed by atoms with Gasteiger partial charge in [0.05, 0.1) is 34.4 Å². The SMILES string of the molecule is Cc1c(C(=O)Nc2ccc(N3CCN(CCCO)CC3)c(C#N)c2)cnn1-c1ccc(Cl)cc1.O. The molecular formula is C25H29ClN6O3. The summed E-state index contributed by atoms with van der Waals surface area (Å²) >= 11 is 5.96. The van der Waals surface area contributed by atoms with Crippen LogP contribution in [0.2, 0.25) is 5.02 Å². The Balaban J connectivity index is 0.00000342. The number of hydrogen-bond donors (Lipinski definition) is 2. The Kier molecular flexibility index (Phi) is 8.84. The quantitative estimate of drug-likeness (QED) is 0.517. The van der Waals surface area contributed by atoms with Crippen LogP contribution in [0.1, 0.15) is 28.0 Å². The highest BCUT2D eigenvalue weighted by atomic mass is 35.5. The second-order valence-corrected chi connectivity index (χ2v) is 8.67. The van der Waals surface area contributed by atoms with Gasteiger partial charge in [0, 0.05) is 50.0 Å². The van der Waals surface area contributed by atoms with E-state index in [1.165, 1.54) is 6.20 Å². The van der Waals surface area contributed by atoms with Gasteiger partial charge in [0.15, 0.2) is 0 Å². The summed E-state index contributed by atoms with van der Waals surface area (Å²) in [5.41, 5.74) is 3.93. The Bertz CT molecular complexity index is 1200. The number of aliphatic hydroxyl groups is 1. The third kappa shape index (κ3) is 5.99. The van der Waals surface area contributed by atoms with Crippen LogP contribution in [0.3, 0.4) is 0 Å². The maximum Gasteiger partial charge on any atom is 0.259 e. The van der Waals surface area contributed by atoms with Crippen LogP contribution in [0.25, 0.3) is 5.69 Å². The van der Waals surface area contributed by atoms with E-state index >= 15 is 0 Å². The summed E-state index contributed by atoms with van der Waals surface area (Å²) in [4.78, 5) is 17.5. The first-order valence-corrected chi connectivity index (χ1v) is 11.6. The zero-order chi connectivity index (χ0) is 24.1. The topological polar surface area (TPSA) is 129 Å². The van der Waals surface area contributed by atoms with E-state index in [-0.39, 0.29) is 18.0 Å². The van der Waals surface area contributed by atoms with Crippen molar-refractivity contribution in [1.29, 1.82) is 5.26 Å². The second kappa shape index (κ2) is 11.8. The van der Waals surface area contributed by atoms with Crippen LogP contribution in [-0.4, -0.2) is 70.5 Å². The fraction of sp³-hybridized carbons (Fsp3) is 0.320. The highest BCUT2D eigenvalue weighted by Gasteiger charge is 2.20. The number of carbonyl (C=O) groups excluding carboxylic acids is 1. The molecule has 0 unspecified atom stereocenters. The van der Waals surface area contributed by atoms with Gasteiger partial charge in [-0.25, -0.2) is 4.68 Å². The monoisotopic (exact) mass is 496 g/mol. The molecule has 9 nitrogen and oxygen atoms in total. The third-order valence-corrected chi connectivity index (χ3v) is 6.30. The molecule has 0 spiro atoms. The lowest BCUT2D eigenvalue weighted by atomic mass is 10.1. The van der Waals surface area contributed by atoms with E-state index in [1.54, 1.807) is 22.9 Å². The molecule has 0 aliphatic carbocycles. The summed E-state index contributed by atoms with van der Waals surface area (Å²) in [5, 5.41) is 26.6. The van der Waals surface area contributed by atoms with E-state index < -0.39 is 0 Å². The van der Waals surface area contributed by atoms with Gasteiger partial charge >= 0.3 is 0 Å². The first-order chi connectivity index (χ1) is 16.5. The molecule has 2 aromatic carbocycles. The number of carbonyl (C=O) groups is 1. The Morgan fingerprint density at radius 2 is 1.89 bits per heavy atom. The molecule has 1 fully saturated rings. The Hall–Kier alpha value is -3.42. The van der Waals surface area contributed by atoms with Crippen molar-refractivity contribution in [3.8, 4) is 11.8 Å². The van der Waals surface area contributed by atoms with Crippen molar-refractivity contribution >= 4 is 28.9 Å². The summed E-state index contributed by atoms with van der Waals surface area (Å²) in [5.74, 6) is -0.285. The minimum Gasteiger partial charge on any atom is -0.412 e. The number of nitrogens with zero attached hydrogens (tertiary/aromatic N) is 5. The number of rotatable bonds is 7. The van der Waals surface area contributed by atoms with Crippen LogP contribution in [-0.2, 0) is 0 Å². The van der Waals surface area contributed by atoms with E-state index in [4.69, 9.17) is 16.7 Å². The van der Waals surface area contributed by atoms with Crippen LogP contribution in [0.5, 0.6) is 0 Å². The van der Waals surface area contributed by atoms with E-state index in [2.05, 4.69) is 26.3 Å². The smallest absolute Gasteiger partial charge is 0.259 e. The van der Waals surface area contributed by atoms with Gasteiger partial charge < -0.3 is 20.8 Å². The van der Waals surface area contributed by atoms with Crippen molar-refractivity contribution in [2.45, 2.75) is 13.3 Å². The lowest BCUT2D eigenvalue weighted by molar-refractivity contribution is 0.102. The molecule has 1 aromatic heterocycles. The van der Waals surface area contributed by atoms with E-state index in [9.17, 15) is 10.1 Å². The number of nitriles is 1. The third-order valence-electron chi connectivity index (χ3n) is 6.05. The molecule has 4 rings (SSSR count). The van der Waals surface area contributed by atoms with Crippen molar-refractivity contribution in [2.24, 2.45) is 0 Å². The predicted molar refractivity (Wildman–Crippen MR) is 136 cm³/mol. The number of nitrogens with one attached hydrogen (secondary N) is 1. The summed E-state index contributed by atoms with van der Waals surface area (Å²) in [6.07, 6.45) is 2.31. The predicted octanol–water partition coefficient (Wildman–Crippen LogP) is 2.64. The molecule has 35 heavy (non-hydrogen) atoms. The van der Waals surface area contributed by atoms with Crippen molar-refractivity contribution in [2.75, 3.05) is 49.5 Å². The first-order valence-electron chi connectivity index (χ1n) is 11.2. The largest absolute Gasteiger partial charge is 0.412 e. The Morgan fingerprint density at radius 1 is 1.17 bits per heavy atom. The summed E-state index contributed by atoms with van der Waals surface area (Å²) in [7, 11) is 0. The highest BCUT2D eigenvalue weighted by molar-refractivity contribution is 6.30. The molecule has 1 aliphatic heterocycles. The minimum atomic E-state index is -0.285. The van der Waals surface area contributed by atoms with Gasteiger partial charge in [-0.15, -0.1) is 0 Å². The Morgan fingerprint density at radius 3 is 2.54 bits per heavy atom. The molecule has 0 atom stereocenters. The van der Waals surface area contributed by atoms with Crippen LogP contribution in [0.15, 0.2) is 48.7 Å². The number of piperazine rings is 1. The lowest BCUT2D eigenvalue weighted by Crippen LogP contribution is -2.47. The first kappa shape index (κ1) is 26.2. The number of benzene rings is 2. The van der Waals surface area contributed by atoms with Gasteiger partial charge in [-0.3, -0.25) is 9.69 Å². The molecule has 0 bridgehead atoms. The molecule has 0 radical (unpaired) electrons. The zero-order valence-electron chi connectivity index (χ0n) is 19.5. The van der Waals surface area contributed by atoms with Crippen LogP contribution >= 0.6 is 11.6 Å². The van der Waals surface area contributed by atoms with E-state index in [0.29, 0.717) is 27.5 Å². The number of aliphatic hydroxyl groups excluding tert-OH is 1. The lowest BCUT2D eigenvalue weighted by Gasteiger charge is -2.36. The molecule has 3 aromatic rings. The number of hydrogen-bond acceptors (Lipinski definition) is 6. The van der Waals surface area contributed by atoms with Gasteiger partial charge in [0.2, 0.25) is 0 Å². The van der Waals surface area contributed by atoms with Gasteiger partial charge in [-0.1, -0.05) is 11.6 Å². The average molecular weight is 497 g/mol. The summed E-state index contributed by atoms with van der Waals surface area (Å²) in [6.45, 7) is 6.33. The van der Waals surface area contributed by atoms with E-state index in [1.807, 2.05) is 31.2 Å². The normalized spacial score (nSPS) is 13.7. The number of aromatic nitrogens is 2. The van der Waals surface area contributed by atoms with Crippen LogP contribution in [0.4, 0.5) is 11.4 Å².